The number of amides is 1. The minimum Gasteiger partial charge on any atom is -0.388 e. The van der Waals surface area contributed by atoms with Crippen LogP contribution >= 0.6 is 0 Å². The topological polar surface area (TPSA) is 162 Å². The van der Waals surface area contributed by atoms with Crippen molar-refractivity contribution in [3.8, 4) is 0 Å². The van der Waals surface area contributed by atoms with Crippen molar-refractivity contribution in [3.63, 3.8) is 0 Å². The monoisotopic (exact) mass is 884 g/mol. The molecular weight excluding hydrogens is 779 g/mol. The first-order valence-corrected chi connectivity index (χ1v) is 26.8. The van der Waals surface area contributed by atoms with Gasteiger partial charge in [0.15, 0.2) is 6.29 Å². The predicted molar refractivity (Wildman–Crippen MR) is 261 cm³/mol. The quantitative estimate of drug-likeness (QED) is 0.0294. The van der Waals surface area contributed by atoms with Crippen LogP contribution in [0.1, 0.15) is 226 Å². The van der Waals surface area contributed by atoms with Crippen molar-refractivity contribution in [1.29, 1.82) is 0 Å². The fraction of sp³-hybridized carbons (Fsp3) is 0.980. The lowest BCUT2D eigenvalue weighted by atomic mass is 10.00. The smallest absolute Gasteiger partial charge is 0.236 e. The number of hydrogen-bond acceptors (Lipinski definition) is 10. The van der Waals surface area contributed by atoms with E-state index < -0.39 is 30.7 Å². The summed E-state index contributed by atoms with van der Waals surface area (Å²) >= 11 is 0. The molecule has 0 spiro atoms. The van der Waals surface area contributed by atoms with Crippen LogP contribution in [0.5, 0.6) is 0 Å². The molecule has 0 aromatic heterocycles. The summed E-state index contributed by atoms with van der Waals surface area (Å²) in [6.07, 6.45) is 37.2. The second kappa shape index (κ2) is 45.3. The van der Waals surface area contributed by atoms with E-state index in [-0.39, 0.29) is 5.91 Å². The normalized spacial score (nSPS) is 19.1. The maximum Gasteiger partial charge on any atom is 0.236 e. The Morgan fingerprint density at radius 2 is 0.887 bits per heavy atom. The number of rotatable bonds is 48. The van der Waals surface area contributed by atoms with Crippen LogP contribution in [0.4, 0.5) is 0 Å². The van der Waals surface area contributed by atoms with Gasteiger partial charge in [-0.15, -0.1) is 0 Å². The molecule has 8 N–H and O–H groups in total. The van der Waals surface area contributed by atoms with E-state index in [4.69, 9.17) is 15.2 Å². The fourth-order valence-corrected chi connectivity index (χ4v) is 8.53. The molecule has 0 bridgehead atoms. The predicted octanol–water partition coefficient (Wildman–Crippen LogP) is 9.28. The Hall–Kier alpha value is -0.890. The number of ether oxygens (including phenoxy) is 2. The second-order valence-electron chi connectivity index (χ2n) is 18.7. The van der Waals surface area contributed by atoms with E-state index in [0.717, 1.165) is 90.9 Å². The van der Waals surface area contributed by atoms with E-state index in [2.05, 4.69) is 27.8 Å². The van der Waals surface area contributed by atoms with Crippen molar-refractivity contribution >= 4 is 5.91 Å². The summed E-state index contributed by atoms with van der Waals surface area (Å²) < 4.78 is 11.1. The van der Waals surface area contributed by atoms with Crippen LogP contribution in [0, 0.1) is 0 Å². The largest absolute Gasteiger partial charge is 0.388 e. The molecule has 11 nitrogen and oxygen atoms in total. The SMILES string of the molecule is CCCCCCCCCCCCCCCCCCN(CCCCCCCCCCCCCCCO[C@H]1O[C@@H](C)[C@@H](O)[C@@H](O)[C@@H]1O)C(=O)CNCCCNCCCCNCCCN. The molecule has 370 valence electrons. The van der Waals surface area contributed by atoms with Crippen molar-refractivity contribution in [2.24, 2.45) is 5.73 Å². The molecule has 0 aromatic carbocycles. The van der Waals surface area contributed by atoms with Gasteiger partial charge in [-0.25, -0.2) is 0 Å². The summed E-state index contributed by atoms with van der Waals surface area (Å²) in [5.41, 5.74) is 5.55. The van der Waals surface area contributed by atoms with E-state index in [1.54, 1.807) is 6.92 Å². The number of carbonyl (C=O) groups is 1. The molecule has 0 radical (unpaired) electrons. The molecule has 0 aliphatic carbocycles. The Labute approximate surface area is 383 Å². The van der Waals surface area contributed by atoms with E-state index in [1.807, 2.05) is 0 Å². The van der Waals surface area contributed by atoms with Gasteiger partial charge in [0.05, 0.1) is 12.6 Å². The second-order valence-corrected chi connectivity index (χ2v) is 18.7. The zero-order chi connectivity index (χ0) is 45.0. The van der Waals surface area contributed by atoms with Crippen LogP contribution < -0.4 is 21.7 Å². The van der Waals surface area contributed by atoms with Crippen LogP contribution in [0.2, 0.25) is 0 Å². The molecule has 62 heavy (non-hydrogen) atoms. The molecule has 0 saturated carbocycles. The molecule has 0 aromatic rings. The van der Waals surface area contributed by atoms with E-state index in [0.29, 0.717) is 13.2 Å². The van der Waals surface area contributed by atoms with Crippen molar-refractivity contribution in [2.45, 2.75) is 256 Å². The zero-order valence-electron chi connectivity index (χ0n) is 40.9. The van der Waals surface area contributed by atoms with Gasteiger partial charge in [-0.2, -0.15) is 0 Å². The number of carbonyl (C=O) groups excluding carboxylic acids is 1. The number of nitrogens with one attached hydrogen (secondary N) is 3. The molecule has 1 aliphatic heterocycles. The molecule has 1 heterocycles. The molecule has 5 atom stereocenters. The van der Waals surface area contributed by atoms with Crippen molar-refractivity contribution < 1.29 is 29.6 Å². The Kier molecular flexibility index (Phi) is 43.2. The van der Waals surface area contributed by atoms with Gasteiger partial charge in [-0.1, -0.05) is 174 Å². The molecule has 1 aliphatic rings. The van der Waals surface area contributed by atoms with Crippen molar-refractivity contribution in [1.82, 2.24) is 20.9 Å². The number of nitrogens with zero attached hydrogens (tertiary/aromatic N) is 1. The van der Waals surface area contributed by atoms with Gasteiger partial charge in [-0.05, 0) is 91.1 Å². The van der Waals surface area contributed by atoms with Crippen LogP contribution in [-0.2, 0) is 14.3 Å². The lowest BCUT2D eigenvalue weighted by Gasteiger charge is -2.38. The average Bonchev–Trinajstić information content (AvgIpc) is 3.27. The van der Waals surface area contributed by atoms with Crippen molar-refractivity contribution in [3.05, 3.63) is 0 Å². The molecule has 1 saturated heterocycles. The third kappa shape index (κ3) is 35.4. The van der Waals surface area contributed by atoms with Gasteiger partial charge < -0.3 is 51.4 Å². The first-order chi connectivity index (χ1) is 30.4. The van der Waals surface area contributed by atoms with Crippen molar-refractivity contribution in [2.75, 3.05) is 65.5 Å². The number of hydrogen-bond donors (Lipinski definition) is 7. The van der Waals surface area contributed by atoms with Gasteiger partial charge in [0.25, 0.3) is 0 Å². The molecule has 11 heteroatoms. The summed E-state index contributed by atoms with van der Waals surface area (Å²) in [5.74, 6) is 0.278. The van der Waals surface area contributed by atoms with E-state index in [1.165, 1.54) is 173 Å². The highest BCUT2D eigenvalue weighted by molar-refractivity contribution is 5.78. The third-order valence-corrected chi connectivity index (χ3v) is 12.8. The summed E-state index contributed by atoms with van der Waals surface area (Å²) in [5, 5.41) is 40.2. The van der Waals surface area contributed by atoms with E-state index in [9.17, 15) is 20.1 Å². The van der Waals surface area contributed by atoms with Gasteiger partial charge in [0, 0.05) is 19.7 Å². The van der Waals surface area contributed by atoms with Gasteiger partial charge >= 0.3 is 0 Å². The maximum absolute atomic E-state index is 13.3. The van der Waals surface area contributed by atoms with Crippen LogP contribution in [0.25, 0.3) is 0 Å². The first-order valence-electron chi connectivity index (χ1n) is 26.8. The summed E-state index contributed by atoms with van der Waals surface area (Å²) in [4.78, 5) is 15.5. The Bertz CT molecular complexity index is 937. The maximum atomic E-state index is 13.3. The van der Waals surface area contributed by atoms with Gasteiger partial charge in [-0.3, -0.25) is 4.79 Å². The molecule has 1 amide bonds. The molecule has 0 unspecified atom stereocenters. The third-order valence-electron chi connectivity index (χ3n) is 12.8. The summed E-state index contributed by atoms with van der Waals surface area (Å²) in [6.45, 7) is 12.5. The molecular formula is C51H105N5O6. The fourth-order valence-electron chi connectivity index (χ4n) is 8.53. The first kappa shape index (κ1) is 59.1. The highest BCUT2D eigenvalue weighted by Gasteiger charge is 2.42. The standard InChI is InChI=1S/C51H105N5O6/c1-3-4-5-6-7-8-9-10-11-12-14-17-20-23-26-31-42-56(47(57)45-55-41-35-40-54-38-30-29-37-53-39-34-36-52)43-32-27-24-21-18-15-13-16-19-22-25-28-33-44-61-51-50(60)49(59)48(58)46(2)62-51/h46,48-51,53-55,58-60H,3-45,52H2,1-2H3/t46-,48+,49+,50-,51-/m0/s1. The lowest BCUT2D eigenvalue weighted by Crippen LogP contribution is -2.57. The van der Waals surface area contributed by atoms with Gasteiger partial charge in [0.1, 0.15) is 18.3 Å². The number of unbranched alkanes of at least 4 members (excludes halogenated alkanes) is 28. The number of aliphatic hydroxyl groups is 3. The Morgan fingerprint density at radius 3 is 1.34 bits per heavy atom. The Morgan fingerprint density at radius 1 is 0.500 bits per heavy atom. The molecule has 1 rings (SSSR count). The minimum atomic E-state index is -1.24. The lowest BCUT2D eigenvalue weighted by molar-refractivity contribution is -0.293. The Balaban J connectivity index is 2.13. The summed E-state index contributed by atoms with van der Waals surface area (Å²) in [7, 11) is 0. The van der Waals surface area contributed by atoms with E-state index >= 15 is 0 Å². The molecule has 1 fully saturated rings. The van der Waals surface area contributed by atoms with Crippen LogP contribution in [0.15, 0.2) is 0 Å². The number of nitrogens with two attached hydrogens (primary N) is 1. The highest BCUT2D eigenvalue weighted by Crippen LogP contribution is 2.22. The summed E-state index contributed by atoms with van der Waals surface area (Å²) in [6, 6.07) is 0. The van der Waals surface area contributed by atoms with Crippen LogP contribution in [-0.4, -0.2) is 122 Å². The number of aliphatic hydroxyl groups excluding tert-OH is 3. The average molecular weight is 884 g/mol. The van der Waals surface area contributed by atoms with Gasteiger partial charge in [0.2, 0.25) is 5.91 Å². The minimum absolute atomic E-state index is 0.278. The highest BCUT2D eigenvalue weighted by atomic mass is 16.7. The zero-order valence-corrected chi connectivity index (χ0v) is 40.9. The van der Waals surface area contributed by atoms with Crippen LogP contribution in [0.3, 0.4) is 0 Å².